The topological polar surface area (TPSA) is 99.7 Å². The van der Waals surface area contributed by atoms with Crippen LogP contribution in [0, 0.1) is 0 Å². The third-order valence-electron chi connectivity index (χ3n) is 5.21. The number of anilines is 3. The lowest BCUT2D eigenvalue weighted by Gasteiger charge is -2.37. The molecule has 1 aliphatic rings. The van der Waals surface area contributed by atoms with Gasteiger partial charge in [0.1, 0.15) is 5.75 Å². The second-order valence-corrected chi connectivity index (χ2v) is 9.37. The Morgan fingerprint density at radius 3 is 2.21 bits per heavy atom. The van der Waals surface area contributed by atoms with Gasteiger partial charge in [0, 0.05) is 49.9 Å². The quantitative estimate of drug-likeness (QED) is 0.512. The van der Waals surface area contributed by atoms with Gasteiger partial charge < -0.3 is 19.9 Å². The van der Waals surface area contributed by atoms with Gasteiger partial charge in [0.15, 0.2) is 5.11 Å². The van der Waals surface area contributed by atoms with Crippen LogP contribution in [0.25, 0.3) is 0 Å². The minimum atomic E-state index is -3.78. The summed E-state index contributed by atoms with van der Waals surface area (Å²) < 4.78 is 32.6. The summed E-state index contributed by atoms with van der Waals surface area (Å²) in [6.07, 6.45) is 2.94. The number of methoxy groups -OCH3 is 1. The van der Waals surface area contributed by atoms with Crippen LogP contribution in [0.2, 0.25) is 0 Å². The molecule has 0 aliphatic carbocycles. The highest BCUT2D eigenvalue weighted by molar-refractivity contribution is 7.92. The van der Waals surface area contributed by atoms with Crippen LogP contribution in [0.4, 0.5) is 17.3 Å². The van der Waals surface area contributed by atoms with Crippen LogP contribution in [-0.2, 0) is 10.0 Å². The first-order chi connectivity index (χ1) is 15.9. The number of hydrogen-bond donors (Lipinski definition) is 2. The van der Waals surface area contributed by atoms with Gasteiger partial charge in [0.25, 0.3) is 10.0 Å². The number of thiocarbonyl (C=S) groups is 1. The van der Waals surface area contributed by atoms with E-state index in [0.717, 1.165) is 37.6 Å². The predicted octanol–water partition coefficient (Wildman–Crippen LogP) is 2.81. The standard InChI is InChI=1S/C22H24N6O3S2/c1-31-19-7-5-18(6-8-19)27-13-15-28(16-14-27)22(32)25-17-3-9-20(10-4-17)33(29,30)26-21-23-11-2-12-24-21/h2-12H,13-16H2,1H3,(H,25,32)(H,23,24,26). The summed E-state index contributed by atoms with van der Waals surface area (Å²) in [5.74, 6) is 0.862. The van der Waals surface area contributed by atoms with Gasteiger partial charge in [-0.1, -0.05) is 0 Å². The lowest BCUT2D eigenvalue weighted by Crippen LogP contribution is -2.50. The summed E-state index contributed by atoms with van der Waals surface area (Å²) in [6.45, 7) is 3.26. The fourth-order valence-electron chi connectivity index (χ4n) is 3.41. The minimum Gasteiger partial charge on any atom is -0.497 e. The van der Waals surface area contributed by atoms with Gasteiger partial charge in [-0.3, -0.25) is 0 Å². The fraction of sp³-hybridized carbons (Fsp3) is 0.227. The van der Waals surface area contributed by atoms with E-state index in [-0.39, 0.29) is 10.8 Å². The van der Waals surface area contributed by atoms with E-state index < -0.39 is 10.0 Å². The first kappa shape index (κ1) is 22.7. The van der Waals surface area contributed by atoms with Crippen LogP contribution in [0.1, 0.15) is 0 Å². The zero-order valence-electron chi connectivity index (χ0n) is 18.0. The van der Waals surface area contributed by atoms with Crippen molar-refractivity contribution in [3.8, 4) is 5.75 Å². The fourth-order valence-corrected chi connectivity index (χ4v) is 4.67. The smallest absolute Gasteiger partial charge is 0.264 e. The lowest BCUT2D eigenvalue weighted by atomic mass is 10.2. The lowest BCUT2D eigenvalue weighted by molar-refractivity contribution is 0.390. The second-order valence-electron chi connectivity index (χ2n) is 7.30. The molecule has 0 atom stereocenters. The van der Waals surface area contributed by atoms with E-state index in [4.69, 9.17) is 17.0 Å². The Hall–Kier alpha value is -3.44. The molecule has 0 amide bonds. The summed E-state index contributed by atoms with van der Waals surface area (Å²) in [5, 5.41) is 3.80. The molecule has 11 heteroatoms. The Morgan fingerprint density at radius 1 is 0.970 bits per heavy atom. The maximum absolute atomic E-state index is 12.5. The molecule has 0 unspecified atom stereocenters. The number of piperazine rings is 1. The van der Waals surface area contributed by atoms with Crippen molar-refractivity contribution >= 4 is 44.7 Å². The molecule has 1 saturated heterocycles. The van der Waals surface area contributed by atoms with E-state index in [1.807, 2.05) is 12.1 Å². The first-order valence-corrected chi connectivity index (χ1v) is 12.2. The molecule has 4 rings (SSSR count). The Bertz CT molecular complexity index is 1180. The Kier molecular flexibility index (Phi) is 6.90. The maximum atomic E-state index is 12.5. The van der Waals surface area contributed by atoms with Crippen molar-refractivity contribution in [3.63, 3.8) is 0 Å². The molecular formula is C22H24N6O3S2. The van der Waals surface area contributed by atoms with Gasteiger partial charge >= 0.3 is 0 Å². The number of aromatic nitrogens is 2. The van der Waals surface area contributed by atoms with Gasteiger partial charge in [-0.15, -0.1) is 0 Å². The average molecular weight is 485 g/mol. The second kappa shape index (κ2) is 10.0. The number of ether oxygens (including phenoxy) is 1. The van der Waals surface area contributed by atoms with E-state index in [1.54, 1.807) is 25.3 Å². The van der Waals surface area contributed by atoms with Gasteiger partial charge in [-0.05, 0) is 66.8 Å². The molecule has 1 aliphatic heterocycles. The van der Waals surface area contributed by atoms with Crippen LogP contribution in [0.5, 0.6) is 5.75 Å². The third-order valence-corrected chi connectivity index (χ3v) is 6.92. The first-order valence-electron chi connectivity index (χ1n) is 10.3. The molecule has 33 heavy (non-hydrogen) atoms. The molecule has 172 valence electrons. The molecule has 2 heterocycles. The van der Waals surface area contributed by atoms with E-state index in [1.165, 1.54) is 24.5 Å². The summed E-state index contributed by atoms with van der Waals surface area (Å²) in [4.78, 5) is 12.3. The van der Waals surface area contributed by atoms with Crippen molar-refractivity contribution in [2.45, 2.75) is 4.90 Å². The zero-order valence-corrected chi connectivity index (χ0v) is 19.6. The van der Waals surface area contributed by atoms with Crippen molar-refractivity contribution in [2.24, 2.45) is 0 Å². The third kappa shape index (κ3) is 5.68. The summed E-state index contributed by atoms with van der Waals surface area (Å²) >= 11 is 5.57. The van der Waals surface area contributed by atoms with E-state index >= 15 is 0 Å². The van der Waals surface area contributed by atoms with Crippen molar-refractivity contribution in [1.82, 2.24) is 14.9 Å². The zero-order chi connectivity index (χ0) is 23.3. The molecule has 0 radical (unpaired) electrons. The molecule has 1 fully saturated rings. The number of nitrogens with one attached hydrogen (secondary N) is 2. The van der Waals surface area contributed by atoms with Crippen LogP contribution in [0.3, 0.4) is 0 Å². The van der Waals surface area contributed by atoms with Crippen LogP contribution < -0.4 is 19.7 Å². The van der Waals surface area contributed by atoms with Crippen LogP contribution in [0.15, 0.2) is 71.9 Å². The van der Waals surface area contributed by atoms with E-state index in [9.17, 15) is 8.42 Å². The number of benzene rings is 2. The molecule has 0 bridgehead atoms. The Morgan fingerprint density at radius 2 is 1.61 bits per heavy atom. The molecule has 2 N–H and O–H groups in total. The molecule has 1 aromatic heterocycles. The highest BCUT2D eigenvalue weighted by Crippen LogP contribution is 2.21. The van der Waals surface area contributed by atoms with Gasteiger partial charge in [0.2, 0.25) is 5.95 Å². The van der Waals surface area contributed by atoms with Crippen molar-refractivity contribution in [1.29, 1.82) is 0 Å². The minimum absolute atomic E-state index is 0.0228. The maximum Gasteiger partial charge on any atom is 0.264 e. The van der Waals surface area contributed by atoms with Gasteiger partial charge in [-0.25, -0.2) is 23.1 Å². The number of sulfonamides is 1. The molecule has 9 nitrogen and oxygen atoms in total. The highest BCUT2D eigenvalue weighted by Gasteiger charge is 2.20. The summed E-state index contributed by atoms with van der Waals surface area (Å²) in [5.41, 5.74) is 1.87. The largest absolute Gasteiger partial charge is 0.497 e. The SMILES string of the molecule is COc1ccc(N2CCN(C(=S)Nc3ccc(S(=O)(=O)Nc4ncccn4)cc3)CC2)cc1. The molecule has 0 saturated carbocycles. The predicted molar refractivity (Wildman–Crippen MR) is 132 cm³/mol. The summed E-state index contributed by atoms with van der Waals surface area (Å²) in [7, 11) is -2.12. The van der Waals surface area contributed by atoms with Gasteiger partial charge in [0.05, 0.1) is 12.0 Å². The van der Waals surface area contributed by atoms with Gasteiger partial charge in [-0.2, -0.15) is 0 Å². The molecule has 2 aromatic carbocycles. The number of rotatable bonds is 6. The van der Waals surface area contributed by atoms with Crippen molar-refractivity contribution < 1.29 is 13.2 Å². The number of hydrogen-bond acceptors (Lipinski definition) is 7. The monoisotopic (exact) mass is 484 g/mol. The number of nitrogens with zero attached hydrogens (tertiary/aromatic N) is 4. The molecule has 0 spiro atoms. The van der Waals surface area contributed by atoms with E-state index in [2.05, 4.69) is 41.9 Å². The van der Waals surface area contributed by atoms with E-state index in [0.29, 0.717) is 10.8 Å². The molecule has 3 aromatic rings. The van der Waals surface area contributed by atoms with Crippen molar-refractivity contribution in [2.75, 3.05) is 48.2 Å². The Labute approximate surface area is 198 Å². The van der Waals surface area contributed by atoms with Crippen LogP contribution in [-0.4, -0.2) is 61.7 Å². The molecular weight excluding hydrogens is 460 g/mol. The average Bonchev–Trinajstić information content (AvgIpc) is 2.85. The summed E-state index contributed by atoms with van der Waals surface area (Å²) in [6, 6.07) is 16.0. The normalized spacial score (nSPS) is 14.0. The Balaban J connectivity index is 1.31. The highest BCUT2D eigenvalue weighted by atomic mass is 32.2. The van der Waals surface area contributed by atoms with Crippen molar-refractivity contribution in [3.05, 3.63) is 67.0 Å². The van der Waals surface area contributed by atoms with Crippen LogP contribution >= 0.6 is 12.2 Å².